The van der Waals surface area contributed by atoms with E-state index in [0.29, 0.717) is 0 Å². The molecular formula is C19H19N3O2. The molecule has 0 aromatic heterocycles. The molecule has 0 radical (unpaired) electrons. The summed E-state index contributed by atoms with van der Waals surface area (Å²) in [6.07, 6.45) is 0. The van der Waals surface area contributed by atoms with Crippen molar-refractivity contribution >= 4 is 11.4 Å². The second-order valence-corrected chi connectivity index (χ2v) is 5.70. The van der Waals surface area contributed by atoms with E-state index in [9.17, 15) is 10.1 Å². The molecule has 0 aliphatic carbocycles. The van der Waals surface area contributed by atoms with Gasteiger partial charge in [-0.1, -0.05) is 30.0 Å². The number of hydrogen-bond acceptors (Lipinski definition) is 4. The number of anilines is 1. The summed E-state index contributed by atoms with van der Waals surface area (Å²) < 4.78 is 0. The molecule has 0 unspecified atom stereocenters. The zero-order valence-corrected chi connectivity index (χ0v) is 13.4. The number of rotatable bonds is 3. The van der Waals surface area contributed by atoms with Crippen LogP contribution in [-0.2, 0) is 0 Å². The summed E-state index contributed by atoms with van der Waals surface area (Å²) >= 11 is 0. The quantitative estimate of drug-likeness (QED) is 0.495. The first-order valence-corrected chi connectivity index (χ1v) is 7.98. The number of non-ortho nitro benzene ring substituents is 1. The van der Waals surface area contributed by atoms with Gasteiger partial charge < -0.3 is 4.90 Å². The van der Waals surface area contributed by atoms with Crippen LogP contribution in [0.25, 0.3) is 0 Å². The van der Waals surface area contributed by atoms with Crippen LogP contribution in [0.3, 0.4) is 0 Å². The third-order valence-corrected chi connectivity index (χ3v) is 4.11. The average molecular weight is 321 g/mol. The number of hydrogen-bond donors (Lipinski definition) is 0. The van der Waals surface area contributed by atoms with Crippen molar-refractivity contribution < 1.29 is 4.92 Å². The van der Waals surface area contributed by atoms with Crippen LogP contribution in [0.4, 0.5) is 11.4 Å². The van der Waals surface area contributed by atoms with E-state index in [2.05, 4.69) is 21.6 Å². The number of nitro benzene ring substituents is 1. The standard InChI is InChI=1S/C19H19N3O2/c23-22(24)19-10-8-18(9-11-19)21-15-13-20(14-16-21)12-4-7-17-5-2-1-3-6-17/h1-3,5-6,8-11H,12-16H2. The Balaban J connectivity index is 1.51. The fourth-order valence-corrected chi connectivity index (χ4v) is 2.72. The van der Waals surface area contributed by atoms with Gasteiger partial charge in [0.25, 0.3) is 5.69 Å². The van der Waals surface area contributed by atoms with Crippen molar-refractivity contribution in [2.75, 3.05) is 37.6 Å². The lowest BCUT2D eigenvalue weighted by Gasteiger charge is -2.35. The van der Waals surface area contributed by atoms with Gasteiger partial charge in [0.1, 0.15) is 0 Å². The van der Waals surface area contributed by atoms with Crippen LogP contribution in [-0.4, -0.2) is 42.5 Å². The summed E-state index contributed by atoms with van der Waals surface area (Å²) in [5.74, 6) is 6.41. The van der Waals surface area contributed by atoms with Crippen molar-refractivity contribution in [3.05, 3.63) is 70.3 Å². The van der Waals surface area contributed by atoms with E-state index in [1.54, 1.807) is 12.1 Å². The van der Waals surface area contributed by atoms with Gasteiger partial charge in [-0.2, -0.15) is 0 Å². The highest BCUT2D eigenvalue weighted by atomic mass is 16.6. The van der Waals surface area contributed by atoms with Crippen LogP contribution in [0.2, 0.25) is 0 Å². The maximum absolute atomic E-state index is 10.7. The Labute approximate surface area is 141 Å². The van der Waals surface area contributed by atoms with Gasteiger partial charge in [-0.25, -0.2) is 0 Å². The minimum atomic E-state index is -0.368. The van der Waals surface area contributed by atoms with Crippen LogP contribution < -0.4 is 4.90 Å². The van der Waals surface area contributed by atoms with Gasteiger partial charge in [0.15, 0.2) is 0 Å². The zero-order valence-electron chi connectivity index (χ0n) is 13.4. The highest BCUT2D eigenvalue weighted by molar-refractivity contribution is 5.51. The third-order valence-electron chi connectivity index (χ3n) is 4.11. The Morgan fingerprint density at radius 1 is 0.958 bits per heavy atom. The molecule has 2 aromatic carbocycles. The van der Waals surface area contributed by atoms with Crippen LogP contribution in [0, 0.1) is 22.0 Å². The number of piperazine rings is 1. The summed E-state index contributed by atoms with van der Waals surface area (Å²) in [6.45, 7) is 4.47. The van der Waals surface area contributed by atoms with Crippen molar-refractivity contribution in [2.45, 2.75) is 0 Å². The summed E-state index contributed by atoms with van der Waals surface area (Å²) in [4.78, 5) is 14.9. The van der Waals surface area contributed by atoms with Gasteiger partial charge in [0.2, 0.25) is 0 Å². The van der Waals surface area contributed by atoms with Crippen molar-refractivity contribution in [2.24, 2.45) is 0 Å². The highest BCUT2D eigenvalue weighted by Crippen LogP contribution is 2.20. The number of nitro groups is 1. The molecule has 1 aliphatic rings. The maximum atomic E-state index is 10.7. The van der Waals surface area contributed by atoms with E-state index in [-0.39, 0.29) is 10.6 Å². The van der Waals surface area contributed by atoms with E-state index in [0.717, 1.165) is 44.0 Å². The molecule has 2 aromatic rings. The molecule has 3 rings (SSSR count). The van der Waals surface area contributed by atoms with Gasteiger partial charge in [-0.3, -0.25) is 15.0 Å². The zero-order chi connectivity index (χ0) is 16.8. The monoisotopic (exact) mass is 321 g/mol. The van der Waals surface area contributed by atoms with E-state index in [1.807, 2.05) is 42.5 Å². The van der Waals surface area contributed by atoms with Crippen LogP contribution >= 0.6 is 0 Å². The van der Waals surface area contributed by atoms with Gasteiger partial charge in [0, 0.05) is 49.6 Å². The Kier molecular flexibility index (Phi) is 5.09. The molecule has 0 N–H and O–H groups in total. The SMILES string of the molecule is O=[N+]([O-])c1ccc(N2CCN(CC#Cc3ccccc3)CC2)cc1. The lowest BCUT2D eigenvalue weighted by Crippen LogP contribution is -2.46. The largest absolute Gasteiger partial charge is 0.369 e. The average Bonchev–Trinajstić information content (AvgIpc) is 2.63. The van der Waals surface area contributed by atoms with E-state index >= 15 is 0 Å². The van der Waals surface area contributed by atoms with Crippen molar-refractivity contribution in [3.8, 4) is 11.8 Å². The van der Waals surface area contributed by atoms with Crippen LogP contribution in [0.5, 0.6) is 0 Å². The molecule has 1 aliphatic heterocycles. The molecule has 1 saturated heterocycles. The minimum Gasteiger partial charge on any atom is -0.369 e. The van der Waals surface area contributed by atoms with E-state index in [4.69, 9.17) is 0 Å². The van der Waals surface area contributed by atoms with Crippen molar-refractivity contribution in [3.63, 3.8) is 0 Å². The molecule has 5 heteroatoms. The molecule has 0 saturated carbocycles. The van der Waals surface area contributed by atoms with Gasteiger partial charge in [0.05, 0.1) is 11.5 Å². The first-order valence-electron chi connectivity index (χ1n) is 7.98. The number of nitrogens with zero attached hydrogens (tertiary/aromatic N) is 3. The van der Waals surface area contributed by atoms with Gasteiger partial charge in [-0.15, -0.1) is 0 Å². The lowest BCUT2D eigenvalue weighted by atomic mass is 10.2. The Hall–Kier alpha value is -2.84. The summed E-state index contributed by atoms with van der Waals surface area (Å²) in [6, 6.07) is 16.8. The molecule has 5 nitrogen and oxygen atoms in total. The fraction of sp³-hybridized carbons (Fsp3) is 0.263. The summed E-state index contributed by atoms with van der Waals surface area (Å²) in [5.41, 5.74) is 2.21. The summed E-state index contributed by atoms with van der Waals surface area (Å²) in [5, 5.41) is 10.7. The number of benzene rings is 2. The molecule has 0 atom stereocenters. The molecular weight excluding hydrogens is 302 g/mol. The second-order valence-electron chi connectivity index (χ2n) is 5.70. The predicted octanol–water partition coefficient (Wildman–Crippen LogP) is 2.77. The van der Waals surface area contributed by atoms with Crippen LogP contribution in [0.15, 0.2) is 54.6 Å². The Bertz CT molecular complexity index is 740. The molecule has 1 heterocycles. The third kappa shape index (κ3) is 4.12. The molecule has 0 amide bonds. The first-order chi connectivity index (χ1) is 11.7. The van der Waals surface area contributed by atoms with E-state index in [1.165, 1.54) is 0 Å². The van der Waals surface area contributed by atoms with E-state index < -0.39 is 0 Å². The maximum Gasteiger partial charge on any atom is 0.269 e. The summed E-state index contributed by atoms with van der Waals surface area (Å²) in [7, 11) is 0. The molecule has 0 spiro atoms. The molecule has 0 bridgehead atoms. The highest BCUT2D eigenvalue weighted by Gasteiger charge is 2.17. The topological polar surface area (TPSA) is 49.6 Å². The van der Waals surface area contributed by atoms with Gasteiger partial charge in [-0.05, 0) is 24.3 Å². The predicted molar refractivity (Wildman–Crippen MR) is 95.1 cm³/mol. The molecule has 122 valence electrons. The van der Waals surface area contributed by atoms with Crippen molar-refractivity contribution in [1.29, 1.82) is 0 Å². The Morgan fingerprint density at radius 3 is 2.25 bits per heavy atom. The Morgan fingerprint density at radius 2 is 1.62 bits per heavy atom. The molecule has 1 fully saturated rings. The fourth-order valence-electron chi connectivity index (χ4n) is 2.72. The van der Waals surface area contributed by atoms with Crippen molar-refractivity contribution in [1.82, 2.24) is 4.90 Å². The normalized spacial score (nSPS) is 14.8. The second kappa shape index (κ2) is 7.62. The lowest BCUT2D eigenvalue weighted by molar-refractivity contribution is -0.384. The smallest absolute Gasteiger partial charge is 0.269 e. The minimum absolute atomic E-state index is 0.133. The first kappa shape index (κ1) is 16.0. The molecule has 24 heavy (non-hydrogen) atoms. The van der Waals surface area contributed by atoms with Gasteiger partial charge >= 0.3 is 0 Å². The van der Waals surface area contributed by atoms with Crippen LogP contribution in [0.1, 0.15) is 5.56 Å².